The lowest BCUT2D eigenvalue weighted by Gasteiger charge is -2.00. The average molecular weight is 179 g/mol. The molecule has 1 heterocycles. The average Bonchev–Trinajstić information content (AvgIpc) is 1.94. The molecule has 0 atom stereocenters. The molecule has 0 aliphatic rings. The maximum atomic E-state index is 11.9. The summed E-state index contributed by atoms with van der Waals surface area (Å²) in [4.78, 5) is 3.38. The van der Waals surface area contributed by atoms with Crippen molar-refractivity contribution in [3.05, 3.63) is 23.0 Å². The first kappa shape index (κ1) is 8.20. The molecule has 2 N–H and O–H groups in total. The molecular weight excluding hydrogens is 174 g/mol. The number of hydrogen-bond donors (Lipinski definition) is 1. The van der Waals surface area contributed by atoms with Crippen molar-refractivity contribution < 1.29 is 8.78 Å². The van der Waals surface area contributed by atoms with E-state index in [-0.39, 0.29) is 16.4 Å². The van der Waals surface area contributed by atoms with Crippen LogP contribution in [0.15, 0.2) is 12.3 Å². The quantitative estimate of drug-likeness (QED) is 0.717. The third-order valence-electron chi connectivity index (χ3n) is 1.13. The van der Waals surface area contributed by atoms with E-state index in [2.05, 4.69) is 4.98 Å². The molecule has 60 valence electrons. The van der Waals surface area contributed by atoms with Crippen LogP contribution in [-0.2, 0) is 0 Å². The maximum Gasteiger partial charge on any atom is 0.280 e. The Hall–Kier alpha value is -0.900. The predicted molar refractivity (Wildman–Crippen MR) is 38.6 cm³/mol. The predicted octanol–water partition coefficient (Wildman–Crippen LogP) is 2.25. The van der Waals surface area contributed by atoms with Gasteiger partial charge in [0.05, 0.1) is 16.9 Å². The van der Waals surface area contributed by atoms with Crippen molar-refractivity contribution in [3.8, 4) is 0 Å². The van der Waals surface area contributed by atoms with Gasteiger partial charge in [0.15, 0.2) is 0 Å². The lowest BCUT2D eigenvalue weighted by molar-refractivity contribution is 0.146. The highest BCUT2D eigenvalue weighted by Gasteiger charge is 2.09. The molecule has 0 saturated heterocycles. The van der Waals surface area contributed by atoms with Gasteiger partial charge in [-0.25, -0.2) is 8.78 Å². The van der Waals surface area contributed by atoms with Gasteiger partial charge in [0.25, 0.3) is 6.43 Å². The minimum Gasteiger partial charge on any atom is -0.396 e. The van der Waals surface area contributed by atoms with Crippen molar-refractivity contribution in [1.82, 2.24) is 4.98 Å². The summed E-state index contributed by atoms with van der Waals surface area (Å²) in [5, 5.41) is 0.107. The zero-order chi connectivity index (χ0) is 8.43. The molecule has 0 aliphatic heterocycles. The van der Waals surface area contributed by atoms with E-state index in [1.54, 1.807) is 0 Å². The maximum absolute atomic E-state index is 11.9. The summed E-state index contributed by atoms with van der Waals surface area (Å²) >= 11 is 5.46. The molecule has 0 fully saturated rings. The second-order valence-electron chi connectivity index (χ2n) is 1.93. The van der Waals surface area contributed by atoms with E-state index in [1.807, 2.05) is 0 Å². The van der Waals surface area contributed by atoms with Crippen LogP contribution in [0.1, 0.15) is 12.1 Å². The summed E-state index contributed by atoms with van der Waals surface area (Å²) in [6.07, 6.45) is -1.49. The molecule has 1 rings (SSSR count). The Morgan fingerprint density at radius 1 is 1.55 bits per heavy atom. The van der Waals surface area contributed by atoms with E-state index in [0.717, 1.165) is 12.3 Å². The molecule has 0 aliphatic carbocycles. The molecule has 0 aromatic carbocycles. The normalized spacial score (nSPS) is 10.5. The molecule has 0 radical (unpaired) electrons. The molecule has 0 bridgehead atoms. The third kappa shape index (κ3) is 1.77. The largest absolute Gasteiger partial charge is 0.396 e. The second kappa shape index (κ2) is 3.00. The number of nitrogens with two attached hydrogens (primary N) is 1. The van der Waals surface area contributed by atoms with Crippen molar-refractivity contribution in [2.24, 2.45) is 0 Å². The van der Waals surface area contributed by atoms with Crippen LogP contribution in [0, 0.1) is 0 Å². The van der Waals surface area contributed by atoms with Crippen LogP contribution in [0.25, 0.3) is 0 Å². The second-order valence-corrected chi connectivity index (χ2v) is 2.34. The van der Waals surface area contributed by atoms with Gasteiger partial charge in [0.2, 0.25) is 0 Å². The summed E-state index contributed by atoms with van der Waals surface area (Å²) in [5.74, 6) is 0. The topological polar surface area (TPSA) is 38.9 Å². The number of pyridine rings is 1. The van der Waals surface area contributed by atoms with Crippen LogP contribution >= 0.6 is 11.6 Å². The van der Waals surface area contributed by atoms with E-state index >= 15 is 0 Å². The Bertz CT molecular complexity index is 265. The zero-order valence-corrected chi connectivity index (χ0v) is 6.15. The van der Waals surface area contributed by atoms with Crippen molar-refractivity contribution in [3.63, 3.8) is 0 Å². The highest BCUT2D eigenvalue weighted by molar-refractivity contribution is 6.33. The first-order chi connectivity index (χ1) is 5.11. The van der Waals surface area contributed by atoms with Gasteiger partial charge in [0, 0.05) is 0 Å². The number of rotatable bonds is 1. The fourth-order valence-corrected chi connectivity index (χ4v) is 0.736. The van der Waals surface area contributed by atoms with Gasteiger partial charge in [0.1, 0.15) is 5.69 Å². The Morgan fingerprint density at radius 2 is 2.18 bits per heavy atom. The van der Waals surface area contributed by atoms with E-state index in [4.69, 9.17) is 17.3 Å². The molecule has 0 saturated carbocycles. The molecule has 0 unspecified atom stereocenters. The van der Waals surface area contributed by atoms with Crippen molar-refractivity contribution in [1.29, 1.82) is 0 Å². The summed E-state index contributed by atoms with van der Waals surface area (Å²) in [7, 11) is 0. The molecular formula is C6H5ClF2N2. The van der Waals surface area contributed by atoms with Gasteiger partial charge < -0.3 is 5.73 Å². The van der Waals surface area contributed by atoms with Gasteiger partial charge in [-0.1, -0.05) is 11.6 Å². The summed E-state index contributed by atoms with van der Waals surface area (Å²) in [5.41, 5.74) is 5.10. The molecule has 5 heteroatoms. The fraction of sp³-hybridized carbons (Fsp3) is 0.167. The highest BCUT2D eigenvalue weighted by atomic mass is 35.5. The molecule has 0 amide bonds. The number of anilines is 1. The van der Waals surface area contributed by atoms with Gasteiger partial charge >= 0.3 is 0 Å². The number of nitrogens with zero attached hydrogens (tertiary/aromatic N) is 1. The lowest BCUT2D eigenvalue weighted by Crippen LogP contribution is -1.93. The van der Waals surface area contributed by atoms with Crippen molar-refractivity contribution >= 4 is 17.3 Å². The summed E-state index contributed by atoms with van der Waals surface area (Å²) in [6.45, 7) is 0. The van der Waals surface area contributed by atoms with Gasteiger partial charge in [-0.15, -0.1) is 0 Å². The molecule has 11 heavy (non-hydrogen) atoms. The first-order valence-corrected chi connectivity index (χ1v) is 3.18. The number of hydrogen-bond acceptors (Lipinski definition) is 2. The van der Waals surface area contributed by atoms with E-state index in [9.17, 15) is 8.78 Å². The number of alkyl halides is 2. The van der Waals surface area contributed by atoms with E-state index < -0.39 is 6.43 Å². The van der Waals surface area contributed by atoms with Gasteiger partial charge in [-0.3, -0.25) is 4.98 Å². The standard InChI is InChI=1S/C6H5ClF2N2/c7-3-1-5(6(8)9)11-2-4(3)10/h1-2,6H,10H2. The number of halogens is 3. The van der Waals surface area contributed by atoms with Crippen molar-refractivity contribution in [2.45, 2.75) is 6.43 Å². The SMILES string of the molecule is Nc1cnc(C(F)F)cc1Cl. The first-order valence-electron chi connectivity index (χ1n) is 2.80. The third-order valence-corrected chi connectivity index (χ3v) is 1.45. The Morgan fingerprint density at radius 3 is 2.64 bits per heavy atom. The van der Waals surface area contributed by atoms with Crippen LogP contribution in [0.5, 0.6) is 0 Å². The van der Waals surface area contributed by atoms with Crippen LogP contribution in [0.2, 0.25) is 5.02 Å². The monoisotopic (exact) mass is 178 g/mol. The van der Waals surface area contributed by atoms with Crippen LogP contribution in [0.4, 0.5) is 14.5 Å². The molecule has 1 aromatic rings. The summed E-state index contributed by atoms with van der Waals surface area (Å²) in [6, 6.07) is 1.06. The minimum atomic E-state index is -2.60. The van der Waals surface area contributed by atoms with E-state index in [0.29, 0.717) is 0 Å². The Labute approximate surface area is 67.0 Å². The molecule has 1 aromatic heterocycles. The molecule has 0 spiro atoms. The fourth-order valence-electron chi connectivity index (χ4n) is 0.576. The number of nitrogen functional groups attached to an aromatic ring is 1. The smallest absolute Gasteiger partial charge is 0.280 e. The minimum absolute atomic E-state index is 0.107. The van der Waals surface area contributed by atoms with Crippen LogP contribution in [0.3, 0.4) is 0 Å². The Balaban J connectivity index is 3.05. The lowest BCUT2D eigenvalue weighted by atomic mass is 10.3. The molecule has 2 nitrogen and oxygen atoms in total. The van der Waals surface area contributed by atoms with Crippen molar-refractivity contribution in [2.75, 3.05) is 5.73 Å². The van der Waals surface area contributed by atoms with Crippen LogP contribution < -0.4 is 5.73 Å². The zero-order valence-electron chi connectivity index (χ0n) is 5.39. The highest BCUT2D eigenvalue weighted by Crippen LogP contribution is 2.23. The Kier molecular flexibility index (Phi) is 2.24. The summed E-state index contributed by atoms with van der Waals surface area (Å²) < 4.78 is 23.8. The van der Waals surface area contributed by atoms with Crippen LogP contribution in [-0.4, -0.2) is 4.98 Å². The number of aromatic nitrogens is 1. The van der Waals surface area contributed by atoms with Gasteiger partial charge in [-0.05, 0) is 6.07 Å². The van der Waals surface area contributed by atoms with Gasteiger partial charge in [-0.2, -0.15) is 0 Å². The van der Waals surface area contributed by atoms with E-state index in [1.165, 1.54) is 0 Å².